The Morgan fingerprint density at radius 1 is 1.33 bits per heavy atom. The van der Waals surface area contributed by atoms with Crippen LogP contribution in [0.25, 0.3) is 0 Å². The van der Waals surface area contributed by atoms with Crippen LogP contribution in [-0.2, 0) is 0 Å². The zero-order valence-electron chi connectivity index (χ0n) is 13.7. The van der Waals surface area contributed by atoms with E-state index in [0.29, 0.717) is 0 Å². The number of aromatic nitrogens is 2. The van der Waals surface area contributed by atoms with Gasteiger partial charge in [0.25, 0.3) is 0 Å². The maximum Gasteiger partial charge on any atom is 0.204 e. The second-order valence-corrected chi connectivity index (χ2v) is 6.03. The van der Waals surface area contributed by atoms with Crippen LogP contribution in [0.3, 0.4) is 0 Å². The molecule has 1 fully saturated rings. The summed E-state index contributed by atoms with van der Waals surface area (Å²) < 4.78 is 5.57. The fourth-order valence-electron chi connectivity index (χ4n) is 3.07. The van der Waals surface area contributed by atoms with Crippen molar-refractivity contribution in [1.82, 2.24) is 9.97 Å². The third kappa shape index (κ3) is 3.77. The van der Waals surface area contributed by atoms with Gasteiger partial charge in [0.15, 0.2) is 11.6 Å². The summed E-state index contributed by atoms with van der Waals surface area (Å²) in [5.74, 6) is 4.05. The van der Waals surface area contributed by atoms with E-state index in [-0.39, 0.29) is 0 Å². The number of anilines is 2. The maximum atomic E-state index is 5.57. The van der Waals surface area contributed by atoms with Gasteiger partial charge in [-0.2, -0.15) is 0 Å². The number of nitrogens with zero attached hydrogens (tertiary/aromatic N) is 3. The predicted molar refractivity (Wildman–Crippen MR) is 87.1 cm³/mol. The zero-order valence-corrected chi connectivity index (χ0v) is 13.7. The van der Waals surface area contributed by atoms with Crippen molar-refractivity contribution in [3.63, 3.8) is 0 Å². The average Bonchev–Trinajstić information content (AvgIpc) is 2.73. The summed E-state index contributed by atoms with van der Waals surface area (Å²) >= 11 is 0. The highest BCUT2D eigenvalue weighted by atomic mass is 16.5. The summed E-state index contributed by atoms with van der Waals surface area (Å²) in [6, 6.07) is 0. The summed E-state index contributed by atoms with van der Waals surface area (Å²) in [4.78, 5) is 11.1. The molecule has 1 aromatic rings. The number of ether oxygens (including phenoxy) is 1. The van der Waals surface area contributed by atoms with Gasteiger partial charge in [-0.25, -0.2) is 9.97 Å². The maximum absolute atomic E-state index is 5.57. The fourth-order valence-corrected chi connectivity index (χ4v) is 3.07. The molecule has 5 heteroatoms. The predicted octanol–water partition coefficient (Wildman–Crippen LogP) is 3.18. The lowest BCUT2D eigenvalue weighted by Crippen LogP contribution is -2.26. The number of nitrogens with one attached hydrogen (secondary N) is 1. The van der Waals surface area contributed by atoms with Gasteiger partial charge in [-0.05, 0) is 38.0 Å². The van der Waals surface area contributed by atoms with E-state index in [1.165, 1.54) is 19.3 Å². The Morgan fingerprint density at radius 2 is 2.14 bits per heavy atom. The number of methoxy groups -OCH3 is 1. The van der Waals surface area contributed by atoms with Crippen molar-refractivity contribution in [2.75, 3.05) is 37.0 Å². The van der Waals surface area contributed by atoms with Gasteiger partial charge in [0.2, 0.25) is 5.75 Å². The highest BCUT2D eigenvalue weighted by Gasteiger charge is 2.23. The topological polar surface area (TPSA) is 50.3 Å². The van der Waals surface area contributed by atoms with Gasteiger partial charge >= 0.3 is 0 Å². The van der Waals surface area contributed by atoms with Crippen LogP contribution in [0.5, 0.6) is 5.75 Å². The molecule has 118 valence electrons. The van der Waals surface area contributed by atoms with Crippen molar-refractivity contribution >= 4 is 11.6 Å². The SMILES string of the molecule is CCNc1ncnc(N2CCCC(C(C)C)CC2)c1OC. The summed E-state index contributed by atoms with van der Waals surface area (Å²) in [5.41, 5.74) is 0. The number of hydrogen-bond acceptors (Lipinski definition) is 5. The molecule has 5 nitrogen and oxygen atoms in total. The molecular formula is C16H28N4O. The number of rotatable bonds is 5. The molecule has 0 aromatic carbocycles. The highest BCUT2D eigenvalue weighted by molar-refractivity contribution is 5.64. The second kappa shape index (κ2) is 7.48. The largest absolute Gasteiger partial charge is 0.490 e. The van der Waals surface area contributed by atoms with Crippen LogP contribution in [0, 0.1) is 11.8 Å². The van der Waals surface area contributed by atoms with Gasteiger partial charge < -0.3 is 15.0 Å². The van der Waals surface area contributed by atoms with Crippen LogP contribution >= 0.6 is 0 Å². The first kappa shape index (κ1) is 15.9. The second-order valence-electron chi connectivity index (χ2n) is 6.03. The molecule has 0 spiro atoms. The molecule has 1 aliphatic rings. The van der Waals surface area contributed by atoms with Gasteiger partial charge in [-0.15, -0.1) is 0 Å². The van der Waals surface area contributed by atoms with Gasteiger partial charge in [0, 0.05) is 19.6 Å². The third-order valence-corrected chi connectivity index (χ3v) is 4.35. The first-order chi connectivity index (χ1) is 10.2. The Balaban J connectivity index is 2.19. The normalized spacial score (nSPS) is 19.5. The molecule has 2 heterocycles. The van der Waals surface area contributed by atoms with E-state index in [4.69, 9.17) is 4.74 Å². The van der Waals surface area contributed by atoms with E-state index in [9.17, 15) is 0 Å². The number of hydrogen-bond donors (Lipinski definition) is 1. The van der Waals surface area contributed by atoms with Crippen molar-refractivity contribution in [2.45, 2.75) is 40.0 Å². The molecule has 0 saturated carbocycles. The van der Waals surface area contributed by atoms with E-state index in [1.807, 2.05) is 0 Å². The monoisotopic (exact) mass is 292 g/mol. The van der Waals surface area contributed by atoms with Crippen molar-refractivity contribution in [3.8, 4) is 5.75 Å². The van der Waals surface area contributed by atoms with Crippen molar-refractivity contribution in [2.24, 2.45) is 11.8 Å². The van der Waals surface area contributed by atoms with Crippen LogP contribution in [0.2, 0.25) is 0 Å². The van der Waals surface area contributed by atoms with Gasteiger partial charge in [-0.1, -0.05) is 13.8 Å². The standard InChI is InChI=1S/C16H28N4O/c1-5-17-15-14(21-4)16(19-11-18-15)20-9-6-7-13(8-10-20)12(2)3/h11-13H,5-10H2,1-4H3,(H,17,18,19). The van der Waals surface area contributed by atoms with E-state index < -0.39 is 0 Å². The molecule has 0 radical (unpaired) electrons. The molecule has 21 heavy (non-hydrogen) atoms. The lowest BCUT2D eigenvalue weighted by Gasteiger charge is -2.24. The Hall–Kier alpha value is -1.52. The molecule has 0 aliphatic carbocycles. The van der Waals surface area contributed by atoms with Gasteiger partial charge in [0.1, 0.15) is 6.33 Å². The minimum absolute atomic E-state index is 0.759. The molecule has 1 unspecified atom stereocenters. The van der Waals surface area contributed by atoms with Crippen LogP contribution < -0.4 is 15.0 Å². The molecule has 1 saturated heterocycles. The van der Waals surface area contributed by atoms with E-state index in [0.717, 1.165) is 48.9 Å². The van der Waals surface area contributed by atoms with Gasteiger partial charge in [-0.3, -0.25) is 0 Å². The minimum atomic E-state index is 0.759. The summed E-state index contributed by atoms with van der Waals surface area (Å²) in [5, 5.41) is 3.25. The Kier molecular flexibility index (Phi) is 5.65. The van der Waals surface area contributed by atoms with Gasteiger partial charge in [0.05, 0.1) is 7.11 Å². The van der Waals surface area contributed by atoms with Crippen LogP contribution in [0.15, 0.2) is 6.33 Å². The van der Waals surface area contributed by atoms with Crippen molar-refractivity contribution in [1.29, 1.82) is 0 Å². The molecule has 1 aromatic heterocycles. The third-order valence-electron chi connectivity index (χ3n) is 4.35. The quantitative estimate of drug-likeness (QED) is 0.903. The molecule has 1 atom stereocenters. The smallest absolute Gasteiger partial charge is 0.204 e. The lowest BCUT2D eigenvalue weighted by molar-refractivity contribution is 0.351. The molecule has 1 N–H and O–H groups in total. The fraction of sp³-hybridized carbons (Fsp3) is 0.750. The Bertz CT molecular complexity index is 450. The lowest BCUT2D eigenvalue weighted by atomic mass is 9.89. The summed E-state index contributed by atoms with van der Waals surface area (Å²) in [6.07, 6.45) is 5.37. The van der Waals surface area contributed by atoms with Crippen LogP contribution in [0.4, 0.5) is 11.6 Å². The summed E-state index contributed by atoms with van der Waals surface area (Å²) in [6.45, 7) is 9.62. The van der Waals surface area contributed by atoms with E-state index >= 15 is 0 Å². The minimum Gasteiger partial charge on any atom is -0.490 e. The van der Waals surface area contributed by atoms with E-state index in [1.54, 1.807) is 13.4 Å². The highest BCUT2D eigenvalue weighted by Crippen LogP contribution is 2.34. The summed E-state index contributed by atoms with van der Waals surface area (Å²) in [7, 11) is 1.69. The Morgan fingerprint density at radius 3 is 2.81 bits per heavy atom. The average molecular weight is 292 g/mol. The molecule has 2 rings (SSSR count). The van der Waals surface area contributed by atoms with Crippen molar-refractivity contribution in [3.05, 3.63) is 6.33 Å². The molecule has 1 aliphatic heterocycles. The first-order valence-electron chi connectivity index (χ1n) is 8.05. The van der Waals surface area contributed by atoms with Crippen LogP contribution in [0.1, 0.15) is 40.0 Å². The van der Waals surface area contributed by atoms with Crippen molar-refractivity contribution < 1.29 is 4.74 Å². The van der Waals surface area contributed by atoms with Crippen LogP contribution in [-0.4, -0.2) is 36.7 Å². The first-order valence-corrected chi connectivity index (χ1v) is 8.05. The molecule has 0 amide bonds. The zero-order chi connectivity index (χ0) is 15.2. The molecular weight excluding hydrogens is 264 g/mol. The van der Waals surface area contributed by atoms with E-state index in [2.05, 4.69) is 41.0 Å². The molecule has 0 bridgehead atoms. The Labute approximate surface area is 128 Å².